The Morgan fingerprint density at radius 1 is 0.773 bits per heavy atom. The third-order valence-corrected chi connectivity index (χ3v) is 3.26. The molecule has 3 rings (SSSR count). The summed E-state index contributed by atoms with van der Waals surface area (Å²) in [5.41, 5.74) is 4.84. The van der Waals surface area contributed by atoms with Gasteiger partial charge in [-0.25, -0.2) is 0 Å². The van der Waals surface area contributed by atoms with E-state index in [9.17, 15) is 0 Å². The van der Waals surface area contributed by atoms with Gasteiger partial charge in [-0.1, -0.05) is 76.2 Å². The van der Waals surface area contributed by atoms with Crippen molar-refractivity contribution in [3.8, 4) is 0 Å². The van der Waals surface area contributed by atoms with E-state index in [4.69, 9.17) is 0 Å². The molecular formula is C21H27N. The third-order valence-electron chi connectivity index (χ3n) is 3.26. The van der Waals surface area contributed by atoms with E-state index >= 15 is 0 Å². The number of aromatic nitrogens is 1. The zero-order chi connectivity index (χ0) is 16.4. The van der Waals surface area contributed by atoms with Crippen molar-refractivity contribution in [3.05, 3.63) is 77.5 Å². The van der Waals surface area contributed by atoms with Crippen molar-refractivity contribution in [1.82, 2.24) is 4.98 Å². The fraction of sp³-hybridized carbons (Fsp3) is 0.286. The van der Waals surface area contributed by atoms with Gasteiger partial charge in [-0.15, -0.1) is 0 Å². The number of hydrogen-bond acceptors (Lipinski definition) is 1. The zero-order valence-corrected chi connectivity index (χ0v) is 14.4. The van der Waals surface area contributed by atoms with Crippen molar-refractivity contribution in [1.29, 1.82) is 0 Å². The number of hydrogen-bond donors (Lipinski definition) is 0. The molecule has 0 saturated heterocycles. The topological polar surface area (TPSA) is 12.9 Å². The van der Waals surface area contributed by atoms with Crippen LogP contribution in [-0.2, 0) is 6.42 Å². The van der Waals surface area contributed by atoms with Crippen LogP contribution in [0.25, 0.3) is 10.9 Å². The molecule has 0 fully saturated rings. The van der Waals surface area contributed by atoms with Crippen LogP contribution in [0.5, 0.6) is 0 Å². The lowest BCUT2D eigenvalue weighted by atomic mass is 10.0. The average molecular weight is 293 g/mol. The van der Waals surface area contributed by atoms with Crippen molar-refractivity contribution < 1.29 is 0 Å². The van der Waals surface area contributed by atoms with Gasteiger partial charge in [0.2, 0.25) is 0 Å². The van der Waals surface area contributed by atoms with Crippen LogP contribution in [0.1, 0.15) is 44.5 Å². The molecule has 116 valence electrons. The number of pyridine rings is 1. The zero-order valence-electron chi connectivity index (χ0n) is 14.4. The van der Waals surface area contributed by atoms with Crippen LogP contribution in [0.3, 0.4) is 0 Å². The largest absolute Gasteiger partial charge is 0.253 e. The first-order valence-electron chi connectivity index (χ1n) is 8.22. The Labute approximate surface area is 135 Å². The van der Waals surface area contributed by atoms with E-state index in [1.165, 1.54) is 16.5 Å². The molecule has 1 heterocycles. The molecule has 0 amide bonds. The highest BCUT2D eigenvalue weighted by Gasteiger charge is 2.03. The van der Waals surface area contributed by atoms with E-state index in [1.807, 2.05) is 33.8 Å². The van der Waals surface area contributed by atoms with Gasteiger partial charge in [-0.05, 0) is 36.6 Å². The van der Waals surface area contributed by atoms with E-state index in [0.717, 1.165) is 17.6 Å². The molecule has 0 unspecified atom stereocenters. The molecule has 0 bridgehead atoms. The van der Waals surface area contributed by atoms with Gasteiger partial charge in [-0.3, -0.25) is 4.98 Å². The van der Waals surface area contributed by atoms with E-state index in [0.29, 0.717) is 0 Å². The van der Waals surface area contributed by atoms with Crippen molar-refractivity contribution in [2.24, 2.45) is 0 Å². The first-order chi connectivity index (χ1) is 10.8. The Morgan fingerprint density at radius 2 is 1.36 bits per heavy atom. The van der Waals surface area contributed by atoms with Gasteiger partial charge in [0.15, 0.2) is 0 Å². The predicted molar refractivity (Wildman–Crippen MR) is 98.4 cm³/mol. The molecule has 22 heavy (non-hydrogen) atoms. The number of rotatable bonds is 2. The van der Waals surface area contributed by atoms with Crippen LogP contribution in [-0.4, -0.2) is 4.98 Å². The van der Waals surface area contributed by atoms with Crippen LogP contribution in [0.2, 0.25) is 0 Å². The number of nitrogens with zero attached hydrogens (tertiary/aromatic N) is 1. The molecule has 0 aliphatic heterocycles. The lowest BCUT2D eigenvalue weighted by Crippen LogP contribution is -1.95. The van der Waals surface area contributed by atoms with Crippen molar-refractivity contribution in [2.45, 2.75) is 41.0 Å². The van der Waals surface area contributed by atoms with E-state index in [-0.39, 0.29) is 0 Å². The summed E-state index contributed by atoms with van der Waals surface area (Å²) in [5, 5.41) is 1.22. The Morgan fingerprint density at radius 3 is 2.05 bits per heavy atom. The molecule has 0 spiro atoms. The van der Waals surface area contributed by atoms with Crippen molar-refractivity contribution in [2.75, 3.05) is 0 Å². The van der Waals surface area contributed by atoms with Gasteiger partial charge in [-0.2, -0.15) is 0 Å². The Bertz CT molecular complexity index is 672. The number of benzene rings is 2. The fourth-order valence-electron chi connectivity index (χ4n) is 2.25. The SMILES string of the molecule is CC.CC.Cc1nc2ccccc2cc1Cc1ccccc1. The summed E-state index contributed by atoms with van der Waals surface area (Å²) >= 11 is 0. The standard InChI is InChI=1S/C17H15N.2C2H6/c1-13-16(11-14-7-3-2-4-8-14)12-15-9-5-6-10-17(15)18-13;2*1-2/h2-10,12H,11H2,1H3;2*1-2H3. The van der Waals surface area contributed by atoms with Gasteiger partial charge in [0, 0.05) is 11.1 Å². The summed E-state index contributed by atoms with van der Waals surface area (Å²) in [6, 6.07) is 21.1. The van der Waals surface area contributed by atoms with Crippen molar-refractivity contribution >= 4 is 10.9 Å². The monoisotopic (exact) mass is 293 g/mol. The summed E-state index contributed by atoms with van der Waals surface area (Å²) in [5.74, 6) is 0. The van der Waals surface area contributed by atoms with Crippen molar-refractivity contribution in [3.63, 3.8) is 0 Å². The quantitative estimate of drug-likeness (QED) is 0.549. The number of aryl methyl sites for hydroxylation is 1. The molecule has 2 aromatic carbocycles. The molecule has 3 aromatic rings. The van der Waals surface area contributed by atoms with Gasteiger partial charge in [0.05, 0.1) is 5.52 Å². The van der Waals surface area contributed by atoms with Crippen LogP contribution >= 0.6 is 0 Å². The van der Waals surface area contributed by atoms with Crippen LogP contribution in [0.4, 0.5) is 0 Å². The smallest absolute Gasteiger partial charge is 0.0705 e. The minimum Gasteiger partial charge on any atom is -0.253 e. The molecule has 0 aliphatic rings. The van der Waals surface area contributed by atoms with Gasteiger partial charge in [0.1, 0.15) is 0 Å². The molecule has 1 aromatic heterocycles. The second kappa shape index (κ2) is 9.73. The minimum absolute atomic E-state index is 0.949. The van der Waals surface area contributed by atoms with Crippen LogP contribution in [0.15, 0.2) is 60.7 Å². The maximum Gasteiger partial charge on any atom is 0.0705 e. The number of para-hydroxylation sites is 1. The van der Waals surface area contributed by atoms with Gasteiger partial charge < -0.3 is 0 Å². The molecule has 0 atom stereocenters. The second-order valence-electron chi connectivity index (χ2n) is 4.59. The first-order valence-corrected chi connectivity index (χ1v) is 8.22. The summed E-state index contributed by atoms with van der Waals surface area (Å²) < 4.78 is 0. The summed E-state index contributed by atoms with van der Waals surface area (Å²) in [6.07, 6.45) is 0.949. The third kappa shape index (κ3) is 4.70. The number of fused-ring (bicyclic) bond motifs is 1. The van der Waals surface area contributed by atoms with Gasteiger partial charge >= 0.3 is 0 Å². The first kappa shape index (κ1) is 17.9. The molecular weight excluding hydrogens is 266 g/mol. The Hall–Kier alpha value is -2.15. The highest BCUT2D eigenvalue weighted by molar-refractivity contribution is 5.79. The lowest BCUT2D eigenvalue weighted by molar-refractivity contribution is 1.10. The van der Waals surface area contributed by atoms with Crippen LogP contribution in [0, 0.1) is 6.92 Å². The average Bonchev–Trinajstić information content (AvgIpc) is 2.60. The summed E-state index contributed by atoms with van der Waals surface area (Å²) in [6.45, 7) is 10.1. The maximum absolute atomic E-state index is 4.67. The Balaban J connectivity index is 0.000000561. The normalized spacial score (nSPS) is 9.32. The second-order valence-corrected chi connectivity index (χ2v) is 4.59. The molecule has 1 nitrogen and oxygen atoms in total. The molecule has 0 saturated carbocycles. The van der Waals surface area contributed by atoms with Crippen LogP contribution < -0.4 is 0 Å². The highest BCUT2D eigenvalue weighted by atomic mass is 14.7. The molecule has 1 heteroatoms. The lowest BCUT2D eigenvalue weighted by Gasteiger charge is -2.07. The van der Waals surface area contributed by atoms with E-state index in [1.54, 1.807) is 0 Å². The summed E-state index contributed by atoms with van der Waals surface area (Å²) in [7, 11) is 0. The molecule has 0 radical (unpaired) electrons. The molecule has 0 N–H and O–H groups in total. The highest BCUT2D eigenvalue weighted by Crippen LogP contribution is 2.18. The van der Waals surface area contributed by atoms with E-state index < -0.39 is 0 Å². The maximum atomic E-state index is 4.67. The molecule has 0 aliphatic carbocycles. The fourth-order valence-corrected chi connectivity index (χ4v) is 2.25. The van der Waals surface area contributed by atoms with Gasteiger partial charge in [0.25, 0.3) is 0 Å². The summed E-state index contributed by atoms with van der Waals surface area (Å²) in [4.78, 5) is 4.67. The van der Waals surface area contributed by atoms with E-state index in [2.05, 4.69) is 66.5 Å². The minimum atomic E-state index is 0.949. The predicted octanol–water partition coefficient (Wildman–Crippen LogP) is 6.19. The Kier molecular flexibility index (Phi) is 7.91.